The lowest BCUT2D eigenvalue weighted by atomic mass is 9.57. The van der Waals surface area contributed by atoms with Crippen molar-refractivity contribution in [3.63, 3.8) is 0 Å². The van der Waals surface area contributed by atoms with Gasteiger partial charge in [-0.3, -0.25) is 4.90 Å². The van der Waals surface area contributed by atoms with Crippen LogP contribution in [0.15, 0.2) is 0 Å². The van der Waals surface area contributed by atoms with E-state index in [1.165, 1.54) is 57.9 Å². The van der Waals surface area contributed by atoms with Gasteiger partial charge in [-0.15, -0.1) is 0 Å². The molecule has 0 radical (unpaired) electrons. The maximum absolute atomic E-state index is 6.44. The number of nitrogens with zero attached hydrogens (tertiary/aromatic N) is 1. The van der Waals surface area contributed by atoms with Gasteiger partial charge in [-0.2, -0.15) is 0 Å². The molecule has 1 saturated heterocycles. The van der Waals surface area contributed by atoms with Crippen LogP contribution in [-0.2, 0) is 0 Å². The smallest absolute Gasteiger partial charge is 0.0344 e. The van der Waals surface area contributed by atoms with Gasteiger partial charge in [0.25, 0.3) is 0 Å². The first-order chi connectivity index (χ1) is 9.74. The Kier molecular flexibility index (Phi) is 5.10. The summed E-state index contributed by atoms with van der Waals surface area (Å²) in [4.78, 5) is 2.86. The molecule has 1 saturated carbocycles. The fraction of sp³-hybridized carbons (Fsp3) is 1.00. The third kappa shape index (κ3) is 3.82. The monoisotopic (exact) mass is 294 g/mol. The summed E-state index contributed by atoms with van der Waals surface area (Å²) in [6.07, 6.45) is 10.7. The van der Waals surface area contributed by atoms with Crippen molar-refractivity contribution in [2.45, 2.75) is 97.6 Å². The van der Waals surface area contributed by atoms with Gasteiger partial charge in [0.15, 0.2) is 0 Å². The zero-order valence-electron chi connectivity index (χ0n) is 15.2. The molecule has 1 unspecified atom stereocenters. The standard InChI is InChI=1S/C19H38N2/c1-6-16-10-8-7-9-11-21(16)19(15-20)13-17(2,3)12-18(4,5)14-19/h16H,6-15,20H2,1-5H3. The zero-order chi connectivity index (χ0) is 15.7. The second kappa shape index (κ2) is 6.20. The molecule has 2 N–H and O–H groups in total. The molecule has 1 heterocycles. The second-order valence-electron chi connectivity index (χ2n) is 9.39. The Balaban J connectivity index is 2.33. The molecule has 0 aromatic rings. The van der Waals surface area contributed by atoms with Crippen molar-refractivity contribution in [2.24, 2.45) is 16.6 Å². The van der Waals surface area contributed by atoms with Crippen LogP contribution in [-0.4, -0.2) is 29.6 Å². The van der Waals surface area contributed by atoms with E-state index in [1.807, 2.05) is 0 Å². The van der Waals surface area contributed by atoms with Crippen LogP contribution in [0.4, 0.5) is 0 Å². The first-order valence-electron chi connectivity index (χ1n) is 9.20. The third-order valence-electron chi connectivity index (χ3n) is 5.91. The minimum Gasteiger partial charge on any atom is -0.329 e. The highest BCUT2D eigenvalue weighted by atomic mass is 15.2. The first-order valence-corrected chi connectivity index (χ1v) is 9.20. The molecule has 21 heavy (non-hydrogen) atoms. The largest absolute Gasteiger partial charge is 0.329 e. The lowest BCUT2D eigenvalue weighted by molar-refractivity contribution is -0.0626. The molecule has 0 spiro atoms. The van der Waals surface area contributed by atoms with Gasteiger partial charge in [0.05, 0.1) is 0 Å². The van der Waals surface area contributed by atoms with Gasteiger partial charge in [0.2, 0.25) is 0 Å². The highest BCUT2D eigenvalue weighted by Crippen LogP contribution is 2.52. The molecule has 124 valence electrons. The SMILES string of the molecule is CCC1CCCCCN1C1(CN)CC(C)(C)CC(C)(C)C1. The molecule has 0 amide bonds. The molecule has 2 heteroatoms. The fourth-order valence-electron chi connectivity index (χ4n) is 5.96. The molecular weight excluding hydrogens is 256 g/mol. The Morgan fingerprint density at radius 1 is 0.952 bits per heavy atom. The van der Waals surface area contributed by atoms with E-state index in [0.717, 1.165) is 12.6 Å². The van der Waals surface area contributed by atoms with Gasteiger partial charge >= 0.3 is 0 Å². The minimum atomic E-state index is 0.232. The van der Waals surface area contributed by atoms with Crippen molar-refractivity contribution < 1.29 is 0 Å². The van der Waals surface area contributed by atoms with Crippen LogP contribution in [0.3, 0.4) is 0 Å². The highest BCUT2D eigenvalue weighted by molar-refractivity contribution is 5.06. The Morgan fingerprint density at radius 2 is 1.57 bits per heavy atom. The van der Waals surface area contributed by atoms with Gasteiger partial charge in [0, 0.05) is 18.1 Å². The van der Waals surface area contributed by atoms with Crippen LogP contribution in [0.5, 0.6) is 0 Å². The summed E-state index contributed by atoms with van der Waals surface area (Å²) in [6.45, 7) is 14.3. The Hall–Kier alpha value is -0.0800. The van der Waals surface area contributed by atoms with Crippen LogP contribution >= 0.6 is 0 Å². The molecule has 2 rings (SSSR count). The van der Waals surface area contributed by atoms with Crippen molar-refractivity contribution in [3.8, 4) is 0 Å². The molecule has 1 atom stereocenters. The molecule has 1 aliphatic carbocycles. The second-order valence-corrected chi connectivity index (χ2v) is 9.39. The topological polar surface area (TPSA) is 29.3 Å². The lowest BCUT2D eigenvalue weighted by Gasteiger charge is -2.58. The van der Waals surface area contributed by atoms with Crippen LogP contribution in [0.1, 0.15) is 86.0 Å². The van der Waals surface area contributed by atoms with Crippen molar-refractivity contribution >= 4 is 0 Å². The van der Waals surface area contributed by atoms with Crippen molar-refractivity contribution in [1.29, 1.82) is 0 Å². The van der Waals surface area contributed by atoms with E-state index in [1.54, 1.807) is 0 Å². The number of nitrogens with two attached hydrogens (primary N) is 1. The molecule has 0 aromatic carbocycles. The zero-order valence-corrected chi connectivity index (χ0v) is 15.2. The summed E-state index contributed by atoms with van der Waals surface area (Å²) in [5.41, 5.74) is 7.49. The number of likely N-dealkylation sites (tertiary alicyclic amines) is 1. The maximum Gasteiger partial charge on any atom is 0.0344 e. The van der Waals surface area contributed by atoms with E-state index >= 15 is 0 Å². The van der Waals surface area contributed by atoms with Crippen LogP contribution in [0.2, 0.25) is 0 Å². The average Bonchev–Trinajstić information content (AvgIpc) is 2.60. The molecule has 1 aliphatic heterocycles. The normalized spacial score (nSPS) is 32.6. The average molecular weight is 295 g/mol. The predicted octanol–water partition coefficient (Wildman–Crippen LogP) is 4.57. The molecule has 2 aliphatic rings. The van der Waals surface area contributed by atoms with E-state index in [0.29, 0.717) is 10.8 Å². The minimum absolute atomic E-state index is 0.232. The van der Waals surface area contributed by atoms with Gasteiger partial charge in [0.1, 0.15) is 0 Å². The molecule has 2 fully saturated rings. The Morgan fingerprint density at radius 3 is 2.10 bits per heavy atom. The number of rotatable bonds is 3. The van der Waals surface area contributed by atoms with Crippen molar-refractivity contribution in [3.05, 3.63) is 0 Å². The number of hydrogen-bond acceptors (Lipinski definition) is 2. The summed E-state index contributed by atoms with van der Waals surface area (Å²) >= 11 is 0. The van der Waals surface area contributed by atoms with Gasteiger partial charge in [-0.1, -0.05) is 47.5 Å². The van der Waals surface area contributed by atoms with Gasteiger partial charge in [-0.25, -0.2) is 0 Å². The first kappa shape index (κ1) is 17.3. The summed E-state index contributed by atoms with van der Waals surface area (Å²) in [5, 5.41) is 0. The molecular formula is C19H38N2. The number of hydrogen-bond donors (Lipinski definition) is 1. The summed E-state index contributed by atoms with van der Waals surface area (Å²) in [6, 6.07) is 0.751. The van der Waals surface area contributed by atoms with Crippen LogP contribution < -0.4 is 5.73 Å². The lowest BCUT2D eigenvalue weighted by Crippen LogP contribution is -2.63. The Bertz CT molecular complexity index is 329. The fourth-order valence-corrected chi connectivity index (χ4v) is 5.96. The van der Waals surface area contributed by atoms with Crippen molar-refractivity contribution in [2.75, 3.05) is 13.1 Å². The molecule has 0 bridgehead atoms. The van der Waals surface area contributed by atoms with E-state index in [2.05, 4.69) is 39.5 Å². The van der Waals surface area contributed by atoms with Gasteiger partial charge in [-0.05, 0) is 55.9 Å². The maximum atomic E-state index is 6.44. The van der Waals surface area contributed by atoms with Gasteiger partial charge < -0.3 is 5.73 Å². The Labute approximate surface area is 132 Å². The van der Waals surface area contributed by atoms with E-state index in [4.69, 9.17) is 5.73 Å². The van der Waals surface area contributed by atoms with Crippen LogP contribution in [0, 0.1) is 10.8 Å². The van der Waals surface area contributed by atoms with Crippen molar-refractivity contribution in [1.82, 2.24) is 4.90 Å². The predicted molar refractivity (Wildman–Crippen MR) is 92.5 cm³/mol. The van der Waals surface area contributed by atoms with E-state index < -0.39 is 0 Å². The summed E-state index contributed by atoms with van der Waals surface area (Å²) in [7, 11) is 0. The van der Waals surface area contributed by atoms with E-state index in [9.17, 15) is 0 Å². The quantitative estimate of drug-likeness (QED) is 0.826. The van der Waals surface area contributed by atoms with E-state index in [-0.39, 0.29) is 5.54 Å². The summed E-state index contributed by atoms with van der Waals surface area (Å²) < 4.78 is 0. The van der Waals surface area contributed by atoms with Crippen LogP contribution in [0.25, 0.3) is 0 Å². The third-order valence-corrected chi connectivity index (χ3v) is 5.91. The summed E-state index contributed by atoms with van der Waals surface area (Å²) in [5.74, 6) is 0. The highest BCUT2D eigenvalue weighted by Gasteiger charge is 2.50. The molecule has 0 aromatic heterocycles. The molecule has 2 nitrogen and oxygen atoms in total.